The quantitative estimate of drug-likeness (QED) is 0.785. The minimum absolute atomic E-state index is 0.105. The van der Waals surface area contributed by atoms with Crippen LogP contribution >= 0.6 is 0 Å². The van der Waals surface area contributed by atoms with E-state index in [4.69, 9.17) is 0 Å². The van der Waals surface area contributed by atoms with Crippen molar-refractivity contribution in [3.05, 3.63) is 35.9 Å². The zero-order valence-corrected chi connectivity index (χ0v) is 10.9. The monoisotopic (exact) mass is 226 g/mol. The highest BCUT2D eigenvalue weighted by Gasteiger charge is 2.42. The van der Waals surface area contributed by atoms with Gasteiger partial charge in [-0.05, 0) is 33.3 Å². The molecule has 17 heavy (non-hydrogen) atoms. The maximum Gasteiger partial charge on any atom is 0.0690 e. The van der Waals surface area contributed by atoms with Crippen LogP contribution in [-0.2, 0) is 0 Å². The highest BCUT2D eigenvalue weighted by atomic mass is 14.5. The molecule has 0 aliphatic heterocycles. The van der Waals surface area contributed by atoms with Gasteiger partial charge in [-0.3, -0.25) is 0 Å². The molecule has 0 bridgehead atoms. The average Bonchev–Trinajstić information content (AvgIpc) is 2.30. The van der Waals surface area contributed by atoms with Crippen LogP contribution in [0.5, 0.6) is 0 Å². The van der Waals surface area contributed by atoms with Crippen molar-refractivity contribution in [1.29, 1.82) is 10.5 Å². The molecule has 1 aromatic carbocycles. The van der Waals surface area contributed by atoms with Crippen LogP contribution in [0.1, 0.15) is 39.2 Å². The van der Waals surface area contributed by atoms with Crippen LogP contribution in [0.3, 0.4) is 0 Å². The Morgan fingerprint density at radius 1 is 0.882 bits per heavy atom. The van der Waals surface area contributed by atoms with Crippen molar-refractivity contribution in [3.8, 4) is 12.1 Å². The molecule has 2 heteroatoms. The Hall–Kier alpha value is -1.80. The molecule has 0 saturated heterocycles. The summed E-state index contributed by atoms with van der Waals surface area (Å²) in [6, 6.07) is 14.5. The summed E-state index contributed by atoms with van der Waals surface area (Å²) in [5, 5.41) is 18.7. The Balaban J connectivity index is 3.34. The molecule has 0 aliphatic carbocycles. The van der Waals surface area contributed by atoms with Crippen LogP contribution in [0, 0.1) is 33.5 Å². The van der Waals surface area contributed by atoms with E-state index in [0.29, 0.717) is 0 Å². The highest BCUT2D eigenvalue weighted by molar-refractivity contribution is 5.29. The Labute approximate surface area is 104 Å². The molecule has 1 rings (SSSR count). The summed E-state index contributed by atoms with van der Waals surface area (Å²) >= 11 is 0. The van der Waals surface area contributed by atoms with Crippen LogP contribution in [-0.4, -0.2) is 0 Å². The van der Waals surface area contributed by atoms with Crippen molar-refractivity contribution < 1.29 is 0 Å². The first-order valence-corrected chi connectivity index (χ1v) is 5.72. The fraction of sp³-hybridized carbons (Fsp3) is 0.467. The molecule has 0 N–H and O–H groups in total. The second kappa shape index (κ2) is 4.60. The molecule has 0 radical (unpaired) electrons. The summed E-state index contributed by atoms with van der Waals surface area (Å²) in [6.07, 6.45) is 0. The minimum Gasteiger partial charge on any atom is -0.198 e. The van der Waals surface area contributed by atoms with Gasteiger partial charge in [0.2, 0.25) is 0 Å². The van der Waals surface area contributed by atoms with Gasteiger partial charge in [0.05, 0.1) is 23.0 Å². The maximum atomic E-state index is 9.33. The third-order valence-corrected chi connectivity index (χ3v) is 3.15. The average molecular weight is 226 g/mol. The summed E-state index contributed by atoms with van der Waals surface area (Å²) in [6.45, 7) is 7.57. The van der Waals surface area contributed by atoms with Crippen molar-refractivity contribution in [3.63, 3.8) is 0 Å². The SMILES string of the molecule is CC(C)(C#N)C(c1ccccc1)C(C)(C)C#N. The summed E-state index contributed by atoms with van der Waals surface area (Å²) in [7, 11) is 0. The third-order valence-electron chi connectivity index (χ3n) is 3.15. The van der Waals surface area contributed by atoms with Gasteiger partial charge in [-0.1, -0.05) is 30.3 Å². The van der Waals surface area contributed by atoms with Crippen LogP contribution in [0.15, 0.2) is 30.3 Å². The van der Waals surface area contributed by atoms with Crippen LogP contribution in [0.25, 0.3) is 0 Å². The molecule has 0 fully saturated rings. The summed E-state index contributed by atoms with van der Waals surface area (Å²) in [5.74, 6) is -0.105. The molecule has 2 nitrogen and oxygen atoms in total. The van der Waals surface area contributed by atoms with E-state index in [1.165, 1.54) is 0 Å². The van der Waals surface area contributed by atoms with Gasteiger partial charge in [0.25, 0.3) is 0 Å². The molecule has 0 aliphatic rings. The van der Waals surface area contributed by atoms with E-state index >= 15 is 0 Å². The van der Waals surface area contributed by atoms with E-state index in [2.05, 4.69) is 12.1 Å². The Bertz CT molecular complexity index is 432. The van der Waals surface area contributed by atoms with Gasteiger partial charge >= 0.3 is 0 Å². The number of nitrogens with zero attached hydrogens (tertiary/aromatic N) is 2. The van der Waals surface area contributed by atoms with Gasteiger partial charge in [-0.15, -0.1) is 0 Å². The van der Waals surface area contributed by atoms with E-state index < -0.39 is 10.8 Å². The summed E-state index contributed by atoms with van der Waals surface area (Å²) in [4.78, 5) is 0. The summed E-state index contributed by atoms with van der Waals surface area (Å²) in [5.41, 5.74) is -0.0909. The second-order valence-electron chi connectivity index (χ2n) is 5.51. The highest BCUT2D eigenvalue weighted by Crippen LogP contribution is 2.47. The van der Waals surface area contributed by atoms with E-state index in [0.717, 1.165) is 5.56 Å². The Morgan fingerprint density at radius 3 is 1.65 bits per heavy atom. The number of hydrogen-bond acceptors (Lipinski definition) is 2. The molecule has 0 unspecified atom stereocenters. The lowest BCUT2D eigenvalue weighted by Gasteiger charge is -2.37. The van der Waals surface area contributed by atoms with Crippen LogP contribution < -0.4 is 0 Å². The number of hydrogen-bond donors (Lipinski definition) is 0. The maximum absolute atomic E-state index is 9.33. The van der Waals surface area contributed by atoms with Gasteiger partial charge in [-0.2, -0.15) is 10.5 Å². The van der Waals surface area contributed by atoms with E-state index in [1.807, 2.05) is 58.0 Å². The number of nitriles is 2. The first-order chi connectivity index (χ1) is 7.85. The smallest absolute Gasteiger partial charge is 0.0690 e. The topological polar surface area (TPSA) is 47.6 Å². The van der Waals surface area contributed by atoms with Crippen LogP contribution in [0.2, 0.25) is 0 Å². The van der Waals surface area contributed by atoms with Crippen LogP contribution in [0.4, 0.5) is 0 Å². The molecular formula is C15H18N2. The lowest BCUT2D eigenvalue weighted by Crippen LogP contribution is -2.32. The lowest BCUT2D eigenvalue weighted by atomic mass is 9.63. The van der Waals surface area contributed by atoms with Gasteiger partial charge in [0, 0.05) is 5.92 Å². The van der Waals surface area contributed by atoms with Crippen molar-refractivity contribution in [2.75, 3.05) is 0 Å². The van der Waals surface area contributed by atoms with E-state index in [-0.39, 0.29) is 5.92 Å². The van der Waals surface area contributed by atoms with Crippen molar-refractivity contribution >= 4 is 0 Å². The lowest BCUT2D eigenvalue weighted by molar-refractivity contribution is 0.246. The van der Waals surface area contributed by atoms with Crippen molar-refractivity contribution in [2.24, 2.45) is 10.8 Å². The standard InChI is InChI=1S/C15H18N2/c1-14(2,10-16)13(15(3,4)11-17)12-8-6-5-7-9-12/h5-9,13H,1-4H3. The molecule has 0 heterocycles. The normalized spacial score (nSPS) is 11.9. The molecule has 0 aromatic heterocycles. The molecule has 0 spiro atoms. The van der Waals surface area contributed by atoms with Gasteiger partial charge in [0.15, 0.2) is 0 Å². The third kappa shape index (κ3) is 2.66. The largest absolute Gasteiger partial charge is 0.198 e. The predicted molar refractivity (Wildman–Crippen MR) is 68.0 cm³/mol. The molecule has 0 saturated carbocycles. The minimum atomic E-state index is -0.569. The second-order valence-corrected chi connectivity index (χ2v) is 5.51. The zero-order valence-electron chi connectivity index (χ0n) is 10.9. The van der Waals surface area contributed by atoms with Crippen molar-refractivity contribution in [1.82, 2.24) is 0 Å². The van der Waals surface area contributed by atoms with Crippen molar-refractivity contribution in [2.45, 2.75) is 33.6 Å². The fourth-order valence-corrected chi connectivity index (χ4v) is 2.51. The number of rotatable bonds is 3. The Morgan fingerprint density at radius 2 is 1.29 bits per heavy atom. The fourth-order valence-electron chi connectivity index (χ4n) is 2.51. The summed E-state index contributed by atoms with van der Waals surface area (Å²) < 4.78 is 0. The number of benzene rings is 1. The molecule has 0 amide bonds. The predicted octanol–water partition coefficient (Wildman–Crippen LogP) is 3.87. The Kier molecular flexibility index (Phi) is 3.59. The zero-order chi connectivity index (χ0) is 13.1. The van der Waals surface area contributed by atoms with E-state index in [9.17, 15) is 10.5 Å². The molecular weight excluding hydrogens is 208 g/mol. The van der Waals surface area contributed by atoms with E-state index in [1.54, 1.807) is 0 Å². The molecule has 88 valence electrons. The van der Waals surface area contributed by atoms with Gasteiger partial charge < -0.3 is 0 Å². The van der Waals surface area contributed by atoms with Gasteiger partial charge in [-0.25, -0.2) is 0 Å². The first-order valence-electron chi connectivity index (χ1n) is 5.72. The first kappa shape index (κ1) is 13.3. The van der Waals surface area contributed by atoms with Gasteiger partial charge in [0.1, 0.15) is 0 Å². The molecule has 0 atom stereocenters. The molecule has 1 aromatic rings.